The maximum absolute atomic E-state index is 5.01. The molecule has 188 valence electrons. The van der Waals surface area contributed by atoms with E-state index >= 15 is 0 Å². The van der Waals surface area contributed by atoms with Gasteiger partial charge in [-0.1, -0.05) is 54.4 Å². The molecule has 0 aliphatic carbocycles. The second-order valence-electron chi connectivity index (χ2n) is 7.38. The fourth-order valence-corrected chi connectivity index (χ4v) is 1.88. The minimum Gasteiger partial charge on any atom is -0.384 e. The molecule has 0 bridgehead atoms. The second-order valence-corrected chi connectivity index (χ2v) is 7.38. The maximum Gasteiger partial charge on any atom is 0.0801 e. The molecule has 0 rings (SSSR count). The Morgan fingerprint density at radius 1 is 0.433 bits per heavy atom. The lowest BCUT2D eigenvalue weighted by atomic mass is 10.1. The Morgan fingerprint density at radius 3 is 0.767 bits per heavy atom. The SMILES string of the molecule is CCC(C)COC.CCC(C)COC.CCC(COC)OC.CCC(COC)OC. The first kappa shape index (κ1) is 37.1. The minimum absolute atomic E-state index is 0.278. The van der Waals surface area contributed by atoms with E-state index in [2.05, 4.69) is 41.5 Å². The van der Waals surface area contributed by atoms with Gasteiger partial charge in [0.2, 0.25) is 0 Å². The lowest BCUT2D eigenvalue weighted by molar-refractivity contribution is 0.0265. The summed E-state index contributed by atoms with van der Waals surface area (Å²) in [5, 5.41) is 0. The van der Waals surface area contributed by atoms with Gasteiger partial charge in [0.25, 0.3) is 0 Å². The Balaban J connectivity index is -0.000000151. The highest BCUT2D eigenvalue weighted by molar-refractivity contribution is 4.50. The summed E-state index contributed by atoms with van der Waals surface area (Å²) in [4.78, 5) is 0. The van der Waals surface area contributed by atoms with Crippen molar-refractivity contribution in [3.63, 3.8) is 0 Å². The Labute approximate surface area is 189 Å². The highest BCUT2D eigenvalue weighted by atomic mass is 16.5. The molecular weight excluding hydrogens is 384 g/mol. The quantitative estimate of drug-likeness (QED) is 0.357. The molecule has 4 unspecified atom stereocenters. The Bertz CT molecular complexity index is 232. The van der Waals surface area contributed by atoms with Gasteiger partial charge in [-0.25, -0.2) is 0 Å². The molecule has 0 radical (unpaired) electrons. The summed E-state index contributed by atoms with van der Waals surface area (Å²) in [6.07, 6.45) is 5.02. The molecule has 0 N–H and O–H groups in total. The van der Waals surface area contributed by atoms with Crippen molar-refractivity contribution in [2.24, 2.45) is 11.8 Å². The van der Waals surface area contributed by atoms with E-state index in [1.165, 1.54) is 12.8 Å². The van der Waals surface area contributed by atoms with Crippen LogP contribution in [0.3, 0.4) is 0 Å². The van der Waals surface area contributed by atoms with E-state index in [0.717, 1.165) is 37.9 Å². The summed E-state index contributed by atoms with van der Waals surface area (Å²) >= 11 is 0. The van der Waals surface area contributed by atoms with Crippen LogP contribution in [0.5, 0.6) is 0 Å². The topological polar surface area (TPSA) is 55.4 Å². The average molecular weight is 441 g/mol. The summed E-state index contributed by atoms with van der Waals surface area (Å²) in [7, 11) is 10.3. The molecule has 6 nitrogen and oxygen atoms in total. The molecule has 0 spiro atoms. The third kappa shape index (κ3) is 35.2. The van der Waals surface area contributed by atoms with Crippen LogP contribution in [-0.2, 0) is 28.4 Å². The highest BCUT2D eigenvalue weighted by Gasteiger charge is 2.00. The van der Waals surface area contributed by atoms with Crippen molar-refractivity contribution in [2.45, 2.75) is 79.4 Å². The van der Waals surface area contributed by atoms with Crippen LogP contribution in [0.4, 0.5) is 0 Å². The molecule has 0 saturated carbocycles. The van der Waals surface area contributed by atoms with Gasteiger partial charge in [-0.2, -0.15) is 0 Å². The predicted molar refractivity (Wildman–Crippen MR) is 129 cm³/mol. The largest absolute Gasteiger partial charge is 0.384 e. The molecule has 0 fully saturated rings. The molecule has 30 heavy (non-hydrogen) atoms. The smallest absolute Gasteiger partial charge is 0.0801 e. The molecule has 4 atom stereocenters. The second kappa shape index (κ2) is 33.4. The minimum atomic E-state index is 0.278. The molecule has 0 aliphatic rings. The molecule has 0 heterocycles. The van der Waals surface area contributed by atoms with Gasteiger partial charge in [0.05, 0.1) is 25.4 Å². The van der Waals surface area contributed by atoms with Crippen molar-refractivity contribution in [3.8, 4) is 0 Å². The van der Waals surface area contributed by atoms with Crippen LogP contribution in [0.1, 0.15) is 67.2 Å². The number of rotatable bonds is 14. The van der Waals surface area contributed by atoms with Crippen molar-refractivity contribution in [3.05, 3.63) is 0 Å². The van der Waals surface area contributed by atoms with Crippen LogP contribution in [-0.4, -0.2) is 81.3 Å². The Hall–Kier alpha value is -0.240. The summed E-state index contributed by atoms with van der Waals surface area (Å²) < 4.78 is 29.5. The molecule has 6 heteroatoms. The van der Waals surface area contributed by atoms with Gasteiger partial charge in [0.15, 0.2) is 0 Å². The van der Waals surface area contributed by atoms with Gasteiger partial charge in [-0.15, -0.1) is 0 Å². The zero-order valence-electron chi connectivity index (χ0n) is 22.4. The van der Waals surface area contributed by atoms with Crippen LogP contribution < -0.4 is 0 Å². The number of hydrogen-bond acceptors (Lipinski definition) is 6. The lowest BCUT2D eigenvalue weighted by Crippen LogP contribution is -2.15. The normalized spacial score (nSPS) is 14.0. The van der Waals surface area contributed by atoms with Crippen LogP contribution in [0.25, 0.3) is 0 Å². The van der Waals surface area contributed by atoms with E-state index < -0.39 is 0 Å². The van der Waals surface area contributed by atoms with Gasteiger partial charge in [-0.05, 0) is 24.7 Å². The first-order valence-electron chi connectivity index (χ1n) is 11.3. The molecule has 0 aromatic rings. The Morgan fingerprint density at radius 2 is 0.700 bits per heavy atom. The lowest BCUT2D eigenvalue weighted by Gasteiger charge is -2.09. The molecule has 0 aromatic heterocycles. The van der Waals surface area contributed by atoms with Crippen molar-refractivity contribution >= 4 is 0 Å². The highest BCUT2D eigenvalue weighted by Crippen LogP contribution is 1.99. The van der Waals surface area contributed by atoms with Crippen LogP contribution >= 0.6 is 0 Å². The number of hydrogen-bond donors (Lipinski definition) is 0. The zero-order chi connectivity index (χ0) is 24.2. The van der Waals surface area contributed by atoms with Crippen molar-refractivity contribution < 1.29 is 28.4 Å². The van der Waals surface area contributed by atoms with E-state index in [4.69, 9.17) is 28.4 Å². The standard InChI is InChI=1S/2C6H14O2.2C6H14O/c2*1-4-6(8-3)5-7-2;2*1-4-6(2)5-7-3/h2*6H,4-5H2,1-3H3;2*6H,4-5H2,1-3H3. The van der Waals surface area contributed by atoms with Crippen molar-refractivity contribution in [1.29, 1.82) is 0 Å². The van der Waals surface area contributed by atoms with E-state index in [-0.39, 0.29) is 12.2 Å². The third-order valence-corrected chi connectivity index (χ3v) is 4.58. The summed E-state index contributed by atoms with van der Waals surface area (Å²) in [6.45, 7) is 16.1. The average Bonchev–Trinajstić information content (AvgIpc) is 2.77. The predicted octanol–water partition coefficient (Wildman–Crippen LogP) is 5.47. The molecule has 0 aliphatic heterocycles. The van der Waals surface area contributed by atoms with Crippen LogP contribution in [0.15, 0.2) is 0 Å². The van der Waals surface area contributed by atoms with Crippen molar-refractivity contribution in [2.75, 3.05) is 69.1 Å². The number of methoxy groups -OCH3 is 6. The van der Waals surface area contributed by atoms with Gasteiger partial charge in [0, 0.05) is 55.9 Å². The van der Waals surface area contributed by atoms with E-state index in [9.17, 15) is 0 Å². The molecule has 0 amide bonds. The monoisotopic (exact) mass is 440 g/mol. The fourth-order valence-electron chi connectivity index (χ4n) is 1.88. The Kier molecular flexibility index (Phi) is 41.3. The maximum atomic E-state index is 5.01. The van der Waals surface area contributed by atoms with Gasteiger partial charge < -0.3 is 28.4 Å². The van der Waals surface area contributed by atoms with Gasteiger partial charge >= 0.3 is 0 Å². The first-order valence-corrected chi connectivity index (χ1v) is 11.3. The zero-order valence-corrected chi connectivity index (χ0v) is 22.4. The summed E-state index contributed by atoms with van der Waals surface area (Å²) in [6, 6.07) is 0. The summed E-state index contributed by atoms with van der Waals surface area (Å²) in [5.41, 5.74) is 0. The fraction of sp³-hybridized carbons (Fsp3) is 1.00. The molecule has 0 aromatic carbocycles. The van der Waals surface area contributed by atoms with E-state index in [0.29, 0.717) is 13.2 Å². The van der Waals surface area contributed by atoms with Gasteiger partial charge in [-0.3, -0.25) is 0 Å². The van der Waals surface area contributed by atoms with Crippen molar-refractivity contribution in [1.82, 2.24) is 0 Å². The first-order chi connectivity index (χ1) is 14.3. The third-order valence-electron chi connectivity index (χ3n) is 4.58. The van der Waals surface area contributed by atoms with E-state index in [1.807, 2.05) is 0 Å². The summed E-state index contributed by atoms with van der Waals surface area (Å²) in [5.74, 6) is 1.45. The molecule has 0 saturated heterocycles. The van der Waals surface area contributed by atoms with Crippen LogP contribution in [0.2, 0.25) is 0 Å². The van der Waals surface area contributed by atoms with Gasteiger partial charge in [0.1, 0.15) is 0 Å². The van der Waals surface area contributed by atoms with E-state index in [1.54, 1.807) is 42.7 Å². The number of ether oxygens (including phenoxy) is 6. The van der Waals surface area contributed by atoms with Crippen LogP contribution in [0, 0.1) is 11.8 Å². The molecular formula is C24H56O6.